The lowest BCUT2D eigenvalue weighted by atomic mass is 9.92. The van der Waals surface area contributed by atoms with Gasteiger partial charge in [-0.2, -0.15) is 11.8 Å². The van der Waals surface area contributed by atoms with Crippen LogP contribution in [0.3, 0.4) is 0 Å². The number of carbonyl (C=O) groups excluding carboxylic acids is 1. The third-order valence-electron chi connectivity index (χ3n) is 7.38. The van der Waals surface area contributed by atoms with Crippen molar-refractivity contribution in [2.24, 2.45) is 0 Å². The number of piperazine rings is 1. The van der Waals surface area contributed by atoms with Crippen molar-refractivity contribution in [2.75, 3.05) is 54.4 Å². The van der Waals surface area contributed by atoms with Gasteiger partial charge in [-0.1, -0.05) is 89.8 Å². The molecule has 3 rings (SSSR count). The molecule has 5 heteroatoms. The fourth-order valence-electron chi connectivity index (χ4n) is 5.15. The Labute approximate surface area is 230 Å². The zero-order valence-electron chi connectivity index (χ0n) is 23.7. The summed E-state index contributed by atoms with van der Waals surface area (Å²) in [6.07, 6.45) is 7.78. The predicted molar refractivity (Wildman–Crippen MR) is 163 cm³/mol. The second-order valence-electron chi connectivity index (χ2n) is 11.0. The summed E-state index contributed by atoms with van der Waals surface area (Å²) in [5, 5.41) is 3.24. The van der Waals surface area contributed by atoms with E-state index < -0.39 is 0 Å². The Bertz CT molecular complexity index is 897. The molecule has 1 amide bonds. The minimum Gasteiger partial charge on any atom is -0.369 e. The molecule has 1 aliphatic rings. The van der Waals surface area contributed by atoms with Crippen molar-refractivity contribution in [1.29, 1.82) is 0 Å². The minimum atomic E-state index is 0.129. The summed E-state index contributed by atoms with van der Waals surface area (Å²) in [7, 11) is 0. The second-order valence-corrected chi connectivity index (χ2v) is 12.1. The van der Waals surface area contributed by atoms with Gasteiger partial charge in [0, 0.05) is 37.6 Å². The molecule has 0 radical (unpaired) electrons. The first-order valence-corrected chi connectivity index (χ1v) is 15.6. The summed E-state index contributed by atoms with van der Waals surface area (Å²) < 4.78 is 0. The summed E-state index contributed by atoms with van der Waals surface area (Å²) in [6.45, 7) is 14.7. The van der Waals surface area contributed by atoms with Crippen molar-refractivity contribution in [1.82, 2.24) is 4.90 Å². The normalized spacial score (nSPS) is 14.5. The van der Waals surface area contributed by atoms with E-state index in [0.29, 0.717) is 17.6 Å². The highest BCUT2D eigenvalue weighted by Gasteiger charge is 2.17. The van der Waals surface area contributed by atoms with Gasteiger partial charge in [0.2, 0.25) is 5.91 Å². The smallest absolute Gasteiger partial charge is 0.234 e. The molecular weight excluding hydrogens is 474 g/mol. The lowest BCUT2D eigenvalue weighted by molar-refractivity contribution is -0.113. The number of nitrogens with one attached hydrogen (secondary N) is 1. The van der Waals surface area contributed by atoms with E-state index in [9.17, 15) is 4.79 Å². The molecule has 204 valence electrons. The van der Waals surface area contributed by atoms with Crippen LogP contribution in [0.4, 0.5) is 11.4 Å². The lowest BCUT2D eigenvalue weighted by Gasteiger charge is -2.36. The number of carbonyl (C=O) groups is 1. The number of hydrogen-bond donors (Lipinski definition) is 1. The zero-order valence-corrected chi connectivity index (χ0v) is 24.5. The van der Waals surface area contributed by atoms with E-state index in [2.05, 4.69) is 91.3 Å². The van der Waals surface area contributed by atoms with Crippen LogP contribution in [0.1, 0.15) is 89.2 Å². The van der Waals surface area contributed by atoms with E-state index in [0.717, 1.165) is 24.5 Å². The molecule has 2 aromatic carbocycles. The number of anilines is 2. The lowest BCUT2D eigenvalue weighted by Crippen LogP contribution is -2.46. The molecule has 2 aromatic rings. The summed E-state index contributed by atoms with van der Waals surface area (Å²) in [4.78, 5) is 17.8. The number of benzene rings is 2. The van der Waals surface area contributed by atoms with Crippen LogP contribution in [0.2, 0.25) is 0 Å². The van der Waals surface area contributed by atoms with Gasteiger partial charge in [-0.3, -0.25) is 9.69 Å². The van der Waals surface area contributed by atoms with E-state index in [4.69, 9.17) is 0 Å². The van der Waals surface area contributed by atoms with E-state index >= 15 is 0 Å². The molecule has 0 spiro atoms. The Morgan fingerprint density at radius 2 is 1.38 bits per heavy atom. The quantitative estimate of drug-likeness (QED) is 0.242. The Morgan fingerprint density at radius 1 is 0.784 bits per heavy atom. The number of thioether (sulfide) groups is 1. The van der Waals surface area contributed by atoms with Crippen LogP contribution >= 0.6 is 11.8 Å². The molecule has 1 N–H and O–H groups in total. The summed E-state index contributed by atoms with van der Waals surface area (Å²) in [5.74, 6) is 2.53. The maximum atomic E-state index is 12.7. The van der Waals surface area contributed by atoms with Gasteiger partial charge in [0.15, 0.2) is 0 Å². The number of amides is 1. The van der Waals surface area contributed by atoms with E-state index in [1.54, 1.807) is 11.8 Å². The summed E-state index contributed by atoms with van der Waals surface area (Å²) >= 11 is 1.77. The average molecular weight is 524 g/mol. The van der Waals surface area contributed by atoms with Crippen molar-refractivity contribution < 1.29 is 4.79 Å². The van der Waals surface area contributed by atoms with E-state index in [1.807, 2.05) is 0 Å². The molecule has 4 nitrogen and oxygen atoms in total. The maximum Gasteiger partial charge on any atom is 0.234 e. The van der Waals surface area contributed by atoms with Gasteiger partial charge in [0.1, 0.15) is 0 Å². The highest BCUT2D eigenvalue weighted by Crippen LogP contribution is 2.32. The molecule has 1 aliphatic heterocycles. The Hall–Kier alpha value is -1.98. The van der Waals surface area contributed by atoms with Gasteiger partial charge in [-0.15, -0.1) is 0 Å². The molecule has 0 aromatic heterocycles. The van der Waals surface area contributed by atoms with Crippen molar-refractivity contribution in [3.63, 3.8) is 0 Å². The van der Waals surface area contributed by atoms with Gasteiger partial charge in [0.25, 0.3) is 0 Å². The van der Waals surface area contributed by atoms with Crippen molar-refractivity contribution in [3.05, 3.63) is 59.7 Å². The molecule has 1 saturated heterocycles. The van der Waals surface area contributed by atoms with Gasteiger partial charge in [-0.25, -0.2) is 0 Å². The topological polar surface area (TPSA) is 35.6 Å². The standard InChI is InChI=1S/C32H49N3OS/c1-26(2)29-17-14-18-30(27(3)4)32(29)33-31(36)25-37-24-13-8-6-5-7-12-19-34-20-22-35(23-21-34)28-15-10-9-11-16-28/h9-11,14-18,26-27H,5-8,12-13,19-25H2,1-4H3,(H,33,36). The molecule has 0 aliphatic carbocycles. The predicted octanol–water partition coefficient (Wildman–Crippen LogP) is 7.77. The van der Waals surface area contributed by atoms with Crippen LogP contribution in [0, 0.1) is 0 Å². The maximum absolute atomic E-state index is 12.7. The Morgan fingerprint density at radius 3 is 2.00 bits per heavy atom. The van der Waals surface area contributed by atoms with E-state index in [-0.39, 0.29) is 5.91 Å². The van der Waals surface area contributed by atoms with Crippen molar-refractivity contribution in [3.8, 4) is 0 Å². The number of rotatable bonds is 15. The minimum absolute atomic E-state index is 0.129. The third-order valence-corrected chi connectivity index (χ3v) is 8.42. The molecule has 0 atom stereocenters. The first kappa shape index (κ1) is 29.6. The van der Waals surface area contributed by atoms with Crippen LogP contribution in [-0.4, -0.2) is 55.0 Å². The summed E-state index contributed by atoms with van der Waals surface area (Å²) in [6, 6.07) is 17.2. The molecule has 0 saturated carbocycles. The first-order chi connectivity index (χ1) is 18.0. The fraction of sp³-hybridized carbons (Fsp3) is 0.594. The third kappa shape index (κ3) is 10.0. The van der Waals surface area contributed by atoms with Gasteiger partial charge >= 0.3 is 0 Å². The second kappa shape index (κ2) is 16.1. The molecule has 0 bridgehead atoms. The molecule has 1 heterocycles. The molecule has 0 unspecified atom stereocenters. The SMILES string of the molecule is CC(C)c1cccc(C(C)C)c1NC(=O)CSCCCCCCCCN1CCN(c2ccccc2)CC1. The van der Waals surface area contributed by atoms with Gasteiger partial charge in [-0.05, 0) is 60.2 Å². The van der Waals surface area contributed by atoms with Crippen LogP contribution in [0.25, 0.3) is 0 Å². The fourth-order valence-corrected chi connectivity index (χ4v) is 5.96. The molecular formula is C32H49N3OS. The monoisotopic (exact) mass is 523 g/mol. The van der Waals surface area contributed by atoms with Crippen molar-refractivity contribution in [2.45, 2.75) is 78.1 Å². The zero-order chi connectivity index (χ0) is 26.5. The van der Waals surface area contributed by atoms with Crippen LogP contribution < -0.4 is 10.2 Å². The Balaban J connectivity index is 1.20. The number of hydrogen-bond acceptors (Lipinski definition) is 4. The van der Waals surface area contributed by atoms with E-state index in [1.165, 1.54) is 75.0 Å². The van der Waals surface area contributed by atoms with Crippen LogP contribution in [-0.2, 0) is 4.79 Å². The Kier molecular flexibility index (Phi) is 12.9. The van der Waals surface area contributed by atoms with Crippen LogP contribution in [0.15, 0.2) is 48.5 Å². The molecule has 37 heavy (non-hydrogen) atoms. The highest BCUT2D eigenvalue weighted by molar-refractivity contribution is 7.99. The highest BCUT2D eigenvalue weighted by atomic mass is 32.2. The van der Waals surface area contributed by atoms with Crippen LogP contribution in [0.5, 0.6) is 0 Å². The van der Waals surface area contributed by atoms with Gasteiger partial charge < -0.3 is 10.2 Å². The number of nitrogens with zero attached hydrogens (tertiary/aromatic N) is 2. The largest absolute Gasteiger partial charge is 0.369 e. The first-order valence-electron chi connectivity index (χ1n) is 14.5. The summed E-state index contributed by atoms with van der Waals surface area (Å²) in [5.41, 5.74) is 4.87. The molecule has 1 fully saturated rings. The number of para-hydroxylation sites is 2. The number of unbranched alkanes of at least 4 members (excludes halogenated alkanes) is 5. The van der Waals surface area contributed by atoms with Gasteiger partial charge in [0.05, 0.1) is 5.75 Å². The van der Waals surface area contributed by atoms with Crippen molar-refractivity contribution >= 4 is 29.0 Å². The average Bonchev–Trinajstić information content (AvgIpc) is 2.90.